The second-order valence-corrected chi connectivity index (χ2v) is 6.56. The molecule has 0 saturated carbocycles. The summed E-state index contributed by atoms with van der Waals surface area (Å²) in [4.78, 5) is 14.2. The first-order chi connectivity index (χ1) is 11.5. The van der Waals surface area contributed by atoms with Crippen LogP contribution in [0, 0.1) is 11.6 Å². The average Bonchev–Trinajstić information content (AvgIpc) is 2.84. The van der Waals surface area contributed by atoms with Gasteiger partial charge in [0.1, 0.15) is 17.4 Å². The number of carbonyl (C=O) groups is 1. The van der Waals surface area contributed by atoms with E-state index in [-0.39, 0.29) is 16.4 Å². The number of anilines is 1. The monoisotopic (exact) mass is 363 g/mol. The summed E-state index contributed by atoms with van der Waals surface area (Å²) in [7, 11) is 1.55. The van der Waals surface area contributed by atoms with E-state index in [9.17, 15) is 13.6 Å². The minimum absolute atomic E-state index is 0.131. The Hall–Kier alpha value is -2.25. The lowest BCUT2D eigenvalue weighted by molar-refractivity contribution is -0.113. The Morgan fingerprint density at radius 1 is 1.17 bits per heavy atom. The molecular weight excluding hydrogens is 352 g/mol. The number of benzene rings is 2. The van der Waals surface area contributed by atoms with Crippen molar-refractivity contribution >= 4 is 46.0 Å². The molecule has 0 radical (unpaired) electrons. The lowest BCUT2D eigenvalue weighted by atomic mass is 10.2. The number of ether oxygens (including phenoxy) is 1. The molecule has 1 aliphatic rings. The van der Waals surface area contributed by atoms with Gasteiger partial charge in [0.05, 0.1) is 17.7 Å². The first-order valence-electron chi connectivity index (χ1n) is 6.86. The van der Waals surface area contributed by atoms with Gasteiger partial charge in [0.2, 0.25) is 0 Å². The van der Waals surface area contributed by atoms with Gasteiger partial charge in [-0.15, -0.1) is 0 Å². The van der Waals surface area contributed by atoms with Gasteiger partial charge in [-0.25, -0.2) is 8.78 Å². The molecule has 0 atom stereocenters. The maximum absolute atomic E-state index is 13.8. The molecule has 2 aromatic carbocycles. The van der Waals surface area contributed by atoms with E-state index in [2.05, 4.69) is 0 Å². The summed E-state index contributed by atoms with van der Waals surface area (Å²) in [6.07, 6.45) is 1.37. The third-order valence-corrected chi connectivity index (χ3v) is 4.68. The molecule has 122 valence electrons. The third-order valence-electron chi connectivity index (χ3n) is 3.37. The summed E-state index contributed by atoms with van der Waals surface area (Å²) >= 11 is 6.32. The van der Waals surface area contributed by atoms with Crippen molar-refractivity contribution in [1.29, 1.82) is 0 Å². The number of carbonyl (C=O) groups excluding carboxylic acids is 1. The highest BCUT2D eigenvalue weighted by Gasteiger charge is 2.33. The molecule has 1 fully saturated rings. The number of amides is 1. The van der Waals surface area contributed by atoms with Crippen molar-refractivity contribution in [3.8, 4) is 5.75 Å². The van der Waals surface area contributed by atoms with E-state index in [1.54, 1.807) is 31.4 Å². The molecule has 1 aliphatic heterocycles. The van der Waals surface area contributed by atoms with Gasteiger partial charge in [-0.1, -0.05) is 24.0 Å². The fourth-order valence-corrected chi connectivity index (χ4v) is 3.47. The summed E-state index contributed by atoms with van der Waals surface area (Å²) in [5.74, 6) is -1.09. The van der Waals surface area contributed by atoms with Gasteiger partial charge < -0.3 is 4.74 Å². The van der Waals surface area contributed by atoms with Gasteiger partial charge in [-0.05, 0) is 42.5 Å². The number of halogens is 2. The maximum Gasteiger partial charge on any atom is 0.270 e. The molecule has 0 aromatic heterocycles. The molecule has 1 amide bonds. The predicted octanol–water partition coefficient (Wildman–Crippen LogP) is 4.38. The standard InChI is InChI=1S/C17H11F2NO2S2/c1-22-13-6-4-12(5-7-13)20-16(21)15(24-17(20)23)8-10-2-3-11(18)9-14(10)19/h2-9H,1H3/b15-8+. The second-order valence-electron chi connectivity index (χ2n) is 4.88. The van der Waals surface area contributed by atoms with E-state index in [1.165, 1.54) is 17.0 Å². The minimum Gasteiger partial charge on any atom is -0.497 e. The van der Waals surface area contributed by atoms with E-state index < -0.39 is 11.6 Å². The molecule has 7 heteroatoms. The third kappa shape index (κ3) is 3.18. The van der Waals surface area contributed by atoms with Gasteiger partial charge in [-0.2, -0.15) is 0 Å². The van der Waals surface area contributed by atoms with Gasteiger partial charge in [0.25, 0.3) is 5.91 Å². The Bertz CT molecular complexity index is 850. The largest absolute Gasteiger partial charge is 0.497 e. The molecule has 3 rings (SSSR count). The minimum atomic E-state index is -0.732. The predicted molar refractivity (Wildman–Crippen MR) is 95.0 cm³/mol. The van der Waals surface area contributed by atoms with Crippen LogP contribution in [0.2, 0.25) is 0 Å². The van der Waals surface area contributed by atoms with Crippen LogP contribution < -0.4 is 9.64 Å². The first-order valence-corrected chi connectivity index (χ1v) is 8.09. The molecule has 0 N–H and O–H groups in total. The van der Waals surface area contributed by atoms with Crippen molar-refractivity contribution in [3.05, 3.63) is 64.6 Å². The van der Waals surface area contributed by atoms with Crippen LogP contribution in [0.3, 0.4) is 0 Å². The molecule has 0 bridgehead atoms. The maximum atomic E-state index is 13.8. The van der Waals surface area contributed by atoms with Crippen LogP contribution in [0.5, 0.6) is 5.75 Å². The number of methoxy groups -OCH3 is 1. The van der Waals surface area contributed by atoms with Gasteiger partial charge in [0.15, 0.2) is 4.32 Å². The molecule has 1 heterocycles. The van der Waals surface area contributed by atoms with E-state index in [0.717, 1.165) is 23.9 Å². The normalized spacial score (nSPS) is 16.1. The Morgan fingerprint density at radius 2 is 1.88 bits per heavy atom. The van der Waals surface area contributed by atoms with Gasteiger partial charge in [0, 0.05) is 11.6 Å². The molecule has 0 aliphatic carbocycles. The molecule has 0 unspecified atom stereocenters. The van der Waals surface area contributed by atoms with E-state index >= 15 is 0 Å². The number of thiocarbonyl (C=S) groups is 1. The van der Waals surface area contributed by atoms with Crippen molar-refractivity contribution in [2.24, 2.45) is 0 Å². The van der Waals surface area contributed by atoms with Crippen LogP contribution in [-0.4, -0.2) is 17.3 Å². The van der Waals surface area contributed by atoms with Gasteiger partial charge in [-0.3, -0.25) is 9.69 Å². The fourth-order valence-electron chi connectivity index (χ4n) is 2.18. The molecule has 3 nitrogen and oxygen atoms in total. The van der Waals surface area contributed by atoms with Crippen LogP contribution in [0.15, 0.2) is 47.4 Å². The molecular formula is C17H11F2NO2S2. The van der Waals surface area contributed by atoms with Crippen molar-refractivity contribution in [2.75, 3.05) is 12.0 Å². The Kier molecular flexibility index (Phi) is 4.64. The zero-order chi connectivity index (χ0) is 17.3. The van der Waals surface area contributed by atoms with Crippen LogP contribution in [-0.2, 0) is 4.79 Å². The van der Waals surface area contributed by atoms with Crippen LogP contribution in [0.1, 0.15) is 5.56 Å². The number of nitrogens with zero attached hydrogens (tertiary/aromatic N) is 1. The van der Waals surface area contributed by atoms with Crippen LogP contribution >= 0.6 is 24.0 Å². The highest BCUT2D eigenvalue weighted by atomic mass is 32.2. The number of thioether (sulfide) groups is 1. The second kappa shape index (κ2) is 6.70. The number of hydrogen-bond donors (Lipinski definition) is 0. The average molecular weight is 363 g/mol. The summed E-state index contributed by atoms with van der Waals surface area (Å²) in [6.45, 7) is 0. The van der Waals surface area contributed by atoms with E-state index in [0.29, 0.717) is 15.8 Å². The fraction of sp³-hybridized carbons (Fsp3) is 0.0588. The van der Waals surface area contributed by atoms with Crippen molar-refractivity contribution in [3.63, 3.8) is 0 Å². The smallest absolute Gasteiger partial charge is 0.270 e. The SMILES string of the molecule is COc1ccc(N2C(=O)/C(=C\c3ccc(F)cc3F)SC2=S)cc1. The Morgan fingerprint density at radius 3 is 2.50 bits per heavy atom. The summed E-state index contributed by atoms with van der Waals surface area (Å²) < 4.78 is 32.2. The van der Waals surface area contributed by atoms with E-state index in [4.69, 9.17) is 17.0 Å². The first kappa shape index (κ1) is 16.6. The van der Waals surface area contributed by atoms with E-state index in [1.807, 2.05) is 0 Å². The number of rotatable bonds is 3. The van der Waals surface area contributed by atoms with Gasteiger partial charge >= 0.3 is 0 Å². The topological polar surface area (TPSA) is 29.5 Å². The van der Waals surface area contributed by atoms with Crippen LogP contribution in [0.4, 0.5) is 14.5 Å². The Balaban J connectivity index is 1.92. The number of hydrogen-bond acceptors (Lipinski definition) is 4. The summed E-state index contributed by atoms with van der Waals surface area (Å²) in [5.41, 5.74) is 0.730. The zero-order valence-electron chi connectivity index (χ0n) is 12.5. The van der Waals surface area contributed by atoms with Crippen LogP contribution in [0.25, 0.3) is 6.08 Å². The highest BCUT2D eigenvalue weighted by Crippen LogP contribution is 2.36. The highest BCUT2D eigenvalue weighted by molar-refractivity contribution is 8.27. The van der Waals surface area contributed by atoms with Crippen molar-refractivity contribution in [2.45, 2.75) is 0 Å². The Labute approximate surface area is 146 Å². The zero-order valence-corrected chi connectivity index (χ0v) is 14.1. The quantitative estimate of drug-likeness (QED) is 0.598. The molecule has 0 spiro atoms. The molecule has 24 heavy (non-hydrogen) atoms. The van der Waals surface area contributed by atoms with Crippen molar-refractivity contribution in [1.82, 2.24) is 0 Å². The molecule has 1 saturated heterocycles. The molecule has 2 aromatic rings. The summed E-state index contributed by atoms with van der Waals surface area (Å²) in [5, 5.41) is 0. The lowest BCUT2D eigenvalue weighted by Gasteiger charge is -2.14. The summed E-state index contributed by atoms with van der Waals surface area (Å²) in [6, 6.07) is 10.1. The lowest BCUT2D eigenvalue weighted by Crippen LogP contribution is -2.27. The van der Waals surface area contributed by atoms with Crippen molar-refractivity contribution < 1.29 is 18.3 Å².